The van der Waals surface area contributed by atoms with Gasteiger partial charge in [-0.25, -0.2) is 0 Å². The van der Waals surface area contributed by atoms with Crippen LogP contribution in [0.5, 0.6) is 5.75 Å². The number of rotatable bonds is 6. The third-order valence-electron chi connectivity index (χ3n) is 3.76. The Morgan fingerprint density at radius 1 is 1.30 bits per heavy atom. The minimum Gasteiger partial charge on any atom is -0.496 e. The molecule has 0 saturated heterocycles. The van der Waals surface area contributed by atoms with Crippen LogP contribution in [0.15, 0.2) is 36.4 Å². The predicted molar refractivity (Wildman–Crippen MR) is 88.8 cm³/mol. The molecule has 2 aromatic carbocycles. The van der Waals surface area contributed by atoms with E-state index in [1.807, 2.05) is 19.1 Å². The molecule has 0 spiro atoms. The maximum atomic E-state index is 11.1. The summed E-state index contributed by atoms with van der Waals surface area (Å²) in [6, 6.07) is 10.5. The summed E-state index contributed by atoms with van der Waals surface area (Å²) in [6.07, 6.45) is 0. The number of nitro groups is 1. The molecule has 1 unspecified atom stereocenters. The van der Waals surface area contributed by atoms with E-state index < -0.39 is 0 Å². The van der Waals surface area contributed by atoms with E-state index in [0.29, 0.717) is 16.9 Å². The van der Waals surface area contributed by atoms with Gasteiger partial charge in [0.25, 0.3) is 5.69 Å². The first-order valence-corrected chi connectivity index (χ1v) is 7.25. The minimum atomic E-state index is -0.372. The van der Waals surface area contributed by atoms with Crippen LogP contribution in [0.3, 0.4) is 0 Å². The molecule has 23 heavy (non-hydrogen) atoms. The number of hydrogen-bond acceptors (Lipinski definition) is 5. The Morgan fingerprint density at radius 2 is 2.04 bits per heavy atom. The van der Waals surface area contributed by atoms with Gasteiger partial charge in [-0.1, -0.05) is 12.1 Å². The van der Waals surface area contributed by atoms with Gasteiger partial charge in [0, 0.05) is 28.9 Å². The second-order valence-electron chi connectivity index (χ2n) is 5.35. The number of ether oxygens (including phenoxy) is 1. The molecule has 6 heteroatoms. The van der Waals surface area contributed by atoms with E-state index in [2.05, 4.69) is 5.32 Å². The van der Waals surface area contributed by atoms with Crippen molar-refractivity contribution < 1.29 is 14.8 Å². The molecule has 0 heterocycles. The van der Waals surface area contributed by atoms with Crippen molar-refractivity contribution in [2.24, 2.45) is 0 Å². The standard InChI is InChI=1S/C17H20N2O4/c1-11-4-5-13(9-16(11)19(21)22)12(2)18-15-6-7-17(23-3)14(8-15)10-20/h4-9,12,18,20H,10H2,1-3H3. The van der Waals surface area contributed by atoms with Crippen molar-refractivity contribution in [3.05, 3.63) is 63.2 Å². The zero-order valence-electron chi connectivity index (χ0n) is 13.4. The third kappa shape index (κ3) is 3.78. The van der Waals surface area contributed by atoms with Crippen LogP contribution < -0.4 is 10.1 Å². The first kappa shape index (κ1) is 16.8. The zero-order valence-corrected chi connectivity index (χ0v) is 13.4. The average Bonchev–Trinajstić information content (AvgIpc) is 2.54. The van der Waals surface area contributed by atoms with Crippen molar-refractivity contribution in [1.29, 1.82) is 0 Å². The highest BCUT2D eigenvalue weighted by Gasteiger charge is 2.14. The Balaban J connectivity index is 2.23. The SMILES string of the molecule is COc1ccc(NC(C)c2ccc(C)c([N+](=O)[O-])c2)cc1CO. The number of hydrogen-bond donors (Lipinski definition) is 2. The number of benzene rings is 2. The zero-order chi connectivity index (χ0) is 17.0. The average molecular weight is 316 g/mol. The van der Waals surface area contributed by atoms with Gasteiger partial charge >= 0.3 is 0 Å². The fourth-order valence-electron chi connectivity index (χ4n) is 2.42. The first-order chi connectivity index (χ1) is 11.0. The van der Waals surface area contributed by atoms with Crippen molar-refractivity contribution in [2.75, 3.05) is 12.4 Å². The van der Waals surface area contributed by atoms with Gasteiger partial charge in [-0.15, -0.1) is 0 Å². The molecule has 0 radical (unpaired) electrons. The Kier molecular flexibility index (Phi) is 5.18. The lowest BCUT2D eigenvalue weighted by atomic mass is 10.0. The van der Waals surface area contributed by atoms with Crippen LogP contribution in [0, 0.1) is 17.0 Å². The summed E-state index contributed by atoms with van der Waals surface area (Å²) < 4.78 is 5.17. The fourth-order valence-corrected chi connectivity index (χ4v) is 2.42. The first-order valence-electron chi connectivity index (χ1n) is 7.25. The maximum absolute atomic E-state index is 11.1. The van der Waals surface area contributed by atoms with Crippen LogP contribution in [0.4, 0.5) is 11.4 Å². The summed E-state index contributed by atoms with van der Waals surface area (Å²) in [6.45, 7) is 3.53. The lowest BCUT2D eigenvalue weighted by Gasteiger charge is -2.17. The summed E-state index contributed by atoms with van der Waals surface area (Å²) in [5.41, 5.74) is 3.06. The second-order valence-corrected chi connectivity index (χ2v) is 5.35. The number of aliphatic hydroxyl groups excluding tert-OH is 1. The smallest absolute Gasteiger partial charge is 0.272 e. The molecule has 0 aliphatic carbocycles. The van der Waals surface area contributed by atoms with Crippen molar-refractivity contribution in [2.45, 2.75) is 26.5 Å². The van der Waals surface area contributed by atoms with Gasteiger partial charge in [0.1, 0.15) is 5.75 Å². The molecule has 1 atom stereocenters. The van der Waals surface area contributed by atoms with E-state index in [-0.39, 0.29) is 23.3 Å². The van der Waals surface area contributed by atoms with E-state index in [1.54, 1.807) is 38.3 Å². The van der Waals surface area contributed by atoms with Crippen LogP contribution in [0.25, 0.3) is 0 Å². The van der Waals surface area contributed by atoms with Crippen LogP contribution in [-0.2, 0) is 6.61 Å². The van der Waals surface area contributed by atoms with Gasteiger partial charge < -0.3 is 15.2 Å². The topological polar surface area (TPSA) is 84.6 Å². The Labute approximate surface area is 134 Å². The Hall–Kier alpha value is -2.60. The highest BCUT2D eigenvalue weighted by Crippen LogP contribution is 2.28. The van der Waals surface area contributed by atoms with Gasteiger partial charge in [0.15, 0.2) is 0 Å². The third-order valence-corrected chi connectivity index (χ3v) is 3.76. The van der Waals surface area contributed by atoms with Crippen molar-refractivity contribution in [3.63, 3.8) is 0 Å². The number of aliphatic hydroxyl groups is 1. The number of methoxy groups -OCH3 is 1. The van der Waals surface area contributed by atoms with Crippen molar-refractivity contribution in [1.82, 2.24) is 0 Å². The van der Waals surface area contributed by atoms with Crippen LogP contribution in [0.1, 0.15) is 29.7 Å². The van der Waals surface area contributed by atoms with Crippen LogP contribution in [0.2, 0.25) is 0 Å². The summed E-state index contributed by atoms with van der Waals surface area (Å²) in [7, 11) is 1.55. The van der Waals surface area contributed by atoms with Gasteiger partial charge in [-0.3, -0.25) is 10.1 Å². The molecular formula is C17H20N2O4. The molecule has 122 valence electrons. The van der Waals surface area contributed by atoms with Crippen LogP contribution in [-0.4, -0.2) is 17.1 Å². The van der Waals surface area contributed by atoms with E-state index in [1.165, 1.54) is 0 Å². The molecule has 0 fully saturated rings. The van der Waals surface area contributed by atoms with Gasteiger partial charge in [0.2, 0.25) is 0 Å². The number of nitrogens with zero attached hydrogens (tertiary/aromatic N) is 1. The summed E-state index contributed by atoms with van der Waals surface area (Å²) in [5, 5.41) is 23.7. The quantitative estimate of drug-likeness (QED) is 0.628. The van der Waals surface area contributed by atoms with E-state index >= 15 is 0 Å². The Morgan fingerprint density at radius 3 is 2.65 bits per heavy atom. The van der Waals surface area contributed by atoms with Crippen molar-refractivity contribution in [3.8, 4) is 5.75 Å². The molecular weight excluding hydrogens is 296 g/mol. The fraction of sp³-hybridized carbons (Fsp3) is 0.294. The van der Waals surface area contributed by atoms with Gasteiger partial charge in [-0.05, 0) is 37.6 Å². The predicted octanol–water partition coefficient (Wildman–Crippen LogP) is 3.58. The normalized spacial score (nSPS) is 11.8. The van der Waals surface area contributed by atoms with E-state index in [0.717, 1.165) is 11.3 Å². The molecule has 6 nitrogen and oxygen atoms in total. The number of nitro benzene ring substituents is 1. The molecule has 0 aliphatic rings. The van der Waals surface area contributed by atoms with Gasteiger partial charge in [0.05, 0.1) is 18.6 Å². The van der Waals surface area contributed by atoms with Gasteiger partial charge in [-0.2, -0.15) is 0 Å². The molecule has 0 amide bonds. The molecule has 0 aromatic heterocycles. The maximum Gasteiger partial charge on any atom is 0.272 e. The molecule has 0 aliphatic heterocycles. The molecule has 0 bridgehead atoms. The summed E-state index contributed by atoms with van der Waals surface area (Å²) in [5.74, 6) is 0.622. The highest BCUT2D eigenvalue weighted by molar-refractivity contribution is 5.53. The van der Waals surface area contributed by atoms with Crippen LogP contribution >= 0.6 is 0 Å². The summed E-state index contributed by atoms with van der Waals surface area (Å²) >= 11 is 0. The Bertz CT molecular complexity index is 716. The molecule has 2 aromatic rings. The highest BCUT2D eigenvalue weighted by atomic mass is 16.6. The minimum absolute atomic E-state index is 0.113. The lowest BCUT2D eigenvalue weighted by Crippen LogP contribution is -2.08. The van der Waals surface area contributed by atoms with E-state index in [9.17, 15) is 15.2 Å². The second kappa shape index (κ2) is 7.11. The van der Waals surface area contributed by atoms with E-state index in [4.69, 9.17) is 4.74 Å². The monoisotopic (exact) mass is 316 g/mol. The number of anilines is 1. The molecule has 2 rings (SSSR count). The van der Waals surface area contributed by atoms with Crippen molar-refractivity contribution >= 4 is 11.4 Å². The summed E-state index contributed by atoms with van der Waals surface area (Å²) in [4.78, 5) is 10.7. The molecule has 2 N–H and O–H groups in total. The largest absolute Gasteiger partial charge is 0.496 e. The number of aryl methyl sites for hydroxylation is 1. The number of nitrogens with one attached hydrogen (secondary N) is 1. The molecule has 0 saturated carbocycles. The lowest BCUT2D eigenvalue weighted by molar-refractivity contribution is -0.385.